The van der Waals surface area contributed by atoms with Crippen LogP contribution in [0.5, 0.6) is 0 Å². The van der Waals surface area contributed by atoms with Crippen LogP contribution in [0.1, 0.15) is 35.6 Å². The summed E-state index contributed by atoms with van der Waals surface area (Å²) in [5.41, 5.74) is 10.3. The molecule has 3 rings (SSSR count). The number of hydrogen-bond donors (Lipinski definition) is 1. The van der Waals surface area contributed by atoms with Gasteiger partial charge in [0.1, 0.15) is 0 Å². The van der Waals surface area contributed by atoms with E-state index in [1.54, 1.807) is 0 Å². The zero-order valence-corrected chi connectivity index (χ0v) is 10.6. The predicted molar refractivity (Wildman–Crippen MR) is 72.1 cm³/mol. The topological polar surface area (TPSA) is 51.8 Å². The van der Waals surface area contributed by atoms with Gasteiger partial charge >= 0.3 is 0 Å². The molecule has 0 atom stereocenters. The van der Waals surface area contributed by atoms with Crippen molar-refractivity contribution in [1.82, 2.24) is 9.97 Å². The number of rotatable bonds is 3. The van der Waals surface area contributed by atoms with Crippen molar-refractivity contribution in [2.75, 3.05) is 0 Å². The monoisotopic (exact) mass is 239 g/mol. The molecule has 1 aromatic heterocycles. The fourth-order valence-electron chi connectivity index (χ4n) is 2.21. The first kappa shape index (κ1) is 11.4. The van der Waals surface area contributed by atoms with E-state index in [-0.39, 0.29) is 0 Å². The molecule has 1 heterocycles. The van der Waals surface area contributed by atoms with Crippen LogP contribution in [0.2, 0.25) is 0 Å². The molecule has 0 unspecified atom stereocenters. The van der Waals surface area contributed by atoms with Gasteiger partial charge < -0.3 is 5.73 Å². The van der Waals surface area contributed by atoms with Gasteiger partial charge in [-0.2, -0.15) is 0 Å². The summed E-state index contributed by atoms with van der Waals surface area (Å²) in [6.07, 6.45) is 4.35. The number of nitrogens with zero attached hydrogens (tertiary/aromatic N) is 2. The smallest absolute Gasteiger partial charge is 0.159 e. The molecule has 0 radical (unpaired) electrons. The van der Waals surface area contributed by atoms with Gasteiger partial charge in [-0.25, -0.2) is 9.97 Å². The lowest BCUT2D eigenvalue weighted by Crippen LogP contribution is -2.05. The number of hydrogen-bond acceptors (Lipinski definition) is 3. The molecule has 1 saturated carbocycles. The summed E-state index contributed by atoms with van der Waals surface area (Å²) in [6.45, 7) is 2.61. The number of aromatic nitrogens is 2. The quantitative estimate of drug-likeness (QED) is 0.896. The Kier molecular flexibility index (Phi) is 2.84. The number of aryl methyl sites for hydroxylation is 1. The minimum absolute atomic E-state index is 0.528. The van der Waals surface area contributed by atoms with Gasteiger partial charge in [0.15, 0.2) is 5.82 Å². The Morgan fingerprint density at radius 1 is 1.33 bits per heavy atom. The van der Waals surface area contributed by atoms with Gasteiger partial charge in [-0.3, -0.25) is 0 Å². The summed E-state index contributed by atoms with van der Waals surface area (Å²) < 4.78 is 0. The second kappa shape index (κ2) is 4.50. The van der Waals surface area contributed by atoms with Gasteiger partial charge in [-0.15, -0.1) is 0 Å². The van der Waals surface area contributed by atoms with Crippen molar-refractivity contribution in [3.8, 4) is 11.4 Å². The molecule has 0 bridgehead atoms. The molecule has 0 aliphatic heterocycles. The fourth-order valence-corrected chi connectivity index (χ4v) is 2.21. The van der Waals surface area contributed by atoms with Crippen LogP contribution in [0.25, 0.3) is 11.4 Å². The van der Waals surface area contributed by atoms with Gasteiger partial charge in [-0.1, -0.05) is 23.8 Å². The van der Waals surface area contributed by atoms with Gasteiger partial charge in [0, 0.05) is 29.8 Å². The Hall–Kier alpha value is -1.74. The molecule has 0 spiro atoms. The van der Waals surface area contributed by atoms with E-state index < -0.39 is 0 Å². The van der Waals surface area contributed by atoms with Crippen molar-refractivity contribution in [1.29, 1.82) is 0 Å². The molecule has 2 N–H and O–H groups in total. The van der Waals surface area contributed by atoms with Crippen LogP contribution in [0.15, 0.2) is 30.5 Å². The molecule has 18 heavy (non-hydrogen) atoms. The molecule has 0 saturated heterocycles. The van der Waals surface area contributed by atoms with Gasteiger partial charge in [0.25, 0.3) is 0 Å². The van der Waals surface area contributed by atoms with E-state index in [1.807, 2.05) is 12.3 Å². The lowest BCUT2D eigenvalue weighted by Gasteiger charge is -2.08. The maximum Gasteiger partial charge on any atom is 0.159 e. The summed E-state index contributed by atoms with van der Waals surface area (Å²) >= 11 is 0. The average Bonchev–Trinajstić information content (AvgIpc) is 3.22. The zero-order valence-electron chi connectivity index (χ0n) is 10.6. The lowest BCUT2D eigenvalue weighted by atomic mass is 10.1. The van der Waals surface area contributed by atoms with Crippen LogP contribution in [0.4, 0.5) is 0 Å². The molecule has 0 amide bonds. The Morgan fingerprint density at radius 3 is 2.83 bits per heavy atom. The minimum atomic E-state index is 0.528. The van der Waals surface area contributed by atoms with Gasteiger partial charge in [-0.05, 0) is 25.8 Å². The maximum absolute atomic E-state index is 5.75. The van der Waals surface area contributed by atoms with Gasteiger partial charge in [0.2, 0.25) is 0 Å². The van der Waals surface area contributed by atoms with Crippen LogP contribution < -0.4 is 5.73 Å². The highest BCUT2D eigenvalue weighted by atomic mass is 14.9. The summed E-state index contributed by atoms with van der Waals surface area (Å²) in [6, 6.07) is 8.30. The van der Waals surface area contributed by atoms with Crippen LogP contribution in [-0.2, 0) is 6.54 Å². The lowest BCUT2D eigenvalue weighted by molar-refractivity contribution is 0.911. The van der Waals surface area contributed by atoms with Crippen molar-refractivity contribution in [2.24, 2.45) is 5.73 Å². The molecule has 1 aliphatic carbocycles. The summed E-state index contributed by atoms with van der Waals surface area (Å²) in [4.78, 5) is 9.17. The van der Waals surface area contributed by atoms with E-state index in [4.69, 9.17) is 10.7 Å². The third-order valence-electron chi connectivity index (χ3n) is 3.36. The molecule has 1 fully saturated rings. The average molecular weight is 239 g/mol. The van der Waals surface area contributed by atoms with Crippen LogP contribution in [0.3, 0.4) is 0 Å². The molecular weight excluding hydrogens is 222 g/mol. The molecular formula is C15H17N3. The van der Waals surface area contributed by atoms with Crippen molar-refractivity contribution in [2.45, 2.75) is 32.2 Å². The molecule has 2 aromatic rings. The summed E-state index contributed by atoms with van der Waals surface area (Å²) in [5, 5.41) is 0. The molecule has 3 nitrogen and oxygen atoms in total. The Morgan fingerprint density at radius 2 is 2.17 bits per heavy atom. The van der Waals surface area contributed by atoms with E-state index in [2.05, 4.69) is 30.1 Å². The minimum Gasteiger partial charge on any atom is -0.326 e. The van der Waals surface area contributed by atoms with Crippen LogP contribution in [-0.4, -0.2) is 9.97 Å². The first-order chi connectivity index (χ1) is 8.78. The first-order valence-corrected chi connectivity index (χ1v) is 6.41. The van der Waals surface area contributed by atoms with Crippen LogP contribution >= 0.6 is 0 Å². The fraction of sp³-hybridized carbons (Fsp3) is 0.333. The van der Waals surface area contributed by atoms with E-state index in [1.165, 1.54) is 18.4 Å². The third kappa shape index (κ3) is 2.14. The van der Waals surface area contributed by atoms with Crippen molar-refractivity contribution in [3.05, 3.63) is 47.3 Å². The highest BCUT2D eigenvalue weighted by molar-refractivity contribution is 5.56. The zero-order chi connectivity index (χ0) is 12.5. The van der Waals surface area contributed by atoms with Gasteiger partial charge in [0.05, 0.1) is 5.69 Å². The number of benzene rings is 1. The van der Waals surface area contributed by atoms with Crippen molar-refractivity contribution >= 4 is 0 Å². The standard InChI is InChI=1S/C15H17N3/c1-10-3-2-4-12(7-10)15-17-9-13(8-16)14(18-15)11-5-6-11/h2-4,7,9,11H,5-6,8,16H2,1H3. The largest absolute Gasteiger partial charge is 0.326 e. The molecule has 1 aliphatic rings. The normalized spacial score (nSPS) is 14.8. The molecule has 92 valence electrons. The van der Waals surface area contributed by atoms with E-state index >= 15 is 0 Å². The Balaban J connectivity index is 2.05. The Bertz CT molecular complexity index is 574. The van der Waals surface area contributed by atoms with E-state index in [0.29, 0.717) is 12.5 Å². The summed E-state index contributed by atoms with van der Waals surface area (Å²) in [5.74, 6) is 1.42. The predicted octanol–water partition coefficient (Wildman–Crippen LogP) is 2.79. The maximum atomic E-state index is 5.75. The Labute approximate surface area is 107 Å². The SMILES string of the molecule is Cc1cccc(-c2ncc(CN)c(C3CC3)n2)c1. The second-order valence-corrected chi connectivity index (χ2v) is 4.95. The van der Waals surface area contributed by atoms with E-state index in [0.717, 1.165) is 22.6 Å². The highest BCUT2D eigenvalue weighted by Crippen LogP contribution is 2.40. The molecule has 1 aromatic carbocycles. The highest BCUT2D eigenvalue weighted by Gasteiger charge is 2.27. The summed E-state index contributed by atoms with van der Waals surface area (Å²) in [7, 11) is 0. The number of nitrogens with two attached hydrogens (primary N) is 1. The first-order valence-electron chi connectivity index (χ1n) is 6.41. The van der Waals surface area contributed by atoms with Crippen molar-refractivity contribution < 1.29 is 0 Å². The second-order valence-electron chi connectivity index (χ2n) is 4.95. The van der Waals surface area contributed by atoms with E-state index in [9.17, 15) is 0 Å². The van der Waals surface area contributed by atoms with Crippen molar-refractivity contribution in [3.63, 3.8) is 0 Å². The van der Waals surface area contributed by atoms with Crippen LogP contribution in [0, 0.1) is 6.92 Å². The molecule has 3 heteroatoms. The third-order valence-corrected chi connectivity index (χ3v) is 3.36.